The Hall–Kier alpha value is -6.94. The van der Waals surface area contributed by atoms with E-state index in [1.54, 1.807) is 26.3 Å². The first-order valence-electron chi connectivity index (χ1n) is 18.5. The van der Waals surface area contributed by atoms with Gasteiger partial charge in [0.15, 0.2) is 0 Å². The number of esters is 1. The van der Waals surface area contributed by atoms with Crippen molar-refractivity contribution in [3.8, 4) is 5.75 Å². The van der Waals surface area contributed by atoms with E-state index in [2.05, 4.69) is 47.0 Å². The molecule has 5 aromatic carbocycles. The minimum Gasteiger partial charge on any atom is -0.496 e. The number of alkyl carbamates (subject to hydrolysis) is 1. The molecule has 7 rings (SSSR count). The lowest BCUT2D eigenvalue weighted by Crippen LogP contribution is -2.42. The second kappa shape index (κ2) is 17.0. The molecule has 0 bridgehead atoms. The number of hydrogen-bond donors (Lipinski definition) is 2. The Morgan fingerprint density at radius 2 is 1.41 bits per heavy atom. The maximum absolute atomic E-state index is 13.7. The van der Waals surface area contributed by atoms with E-state index in [0.29, 0.717) is 17.1 Å². The SMILES string of the molecule is CCOC(=O)/C(=C\c1cc2ccnc(NC(c3ccccc3)(c3ccccc3)c3ccccc3)c2cc1OC)N1CCC(NC(=O)OCc2ccccc2)C1=O. The van der Waals surface area contributed by atoms with Crippen LogP contribution in [0.25, 0.3) is 16.8 Å². The van der Waals surface area contributed by atoms with Gasteiger partial charge in [-0.2, -0.15) is 0 Å². The minimum atomic E-state index is -0.881. The summed E-state index contributed by atoms with van der Waals surface area (Å²) in [6.07, 6.45) is 2.89. The van der Waals surface area contributed by atoms with Crippen LogP contribution in [0, 0.1) is 0 Å². The van der Waals surface area contributed by atoms with Gasteiger partial charge in [0, 0.05) is 23.7 Å². The Morgan fingerprint density at radius 1 is 0.821 bits per heavy atom. The van der Waals surface area contributed by atoms with Crippen LogP contribution in [-0.4, -0.2) is 54.2 Å². The normalized spacial score (nSPS) is 14.3. The number of aromatic nitrogens is 1. The van der Waals surface area contributed by atoms with Crippen molar-refractivity contribution >= 4 is 40.6 Å². The van der Waals surface area contributed by atoms with Crippen LogP contribution in [0.15, 0.2) is 151 Å². The summed E-state index contributed by atoms with van der Waals surface area (Å²) >= 11 is 0. The average molecular weight is 747 g/mol. The molecule has 1 fully saturated rings. The molecule has 1 unspecified atom stereocenters. The van der Waals surface area contributed by atoms with E-state index in [0.717, 1.165) is 33.0 Å². The van der Waals surface area contributed by atoms with Gasteiger partial charge in [-0.25, -0.2) is 14.6 Å². The van der Waals surface area contributed by atoms with Gasteiger partial charge < -0.3 is 29.7 Å². The van der Waals surface area contributed by atoms with Gasteiger partial charge in [0.05, 0.1) is 13.7 Å². The molecule has 1 aliphatic rings. The lowest BCUT2D eigenvalue weighted by molar-refractivity contribution is -0.143. The van der Waals surface area contributed by atoms with Crippen LogP contribution in [-0.2, 0) is 31.2 Å². The molecule has 1 aromatic heterocycles. The maximum Gasteiger partial charge on any atom is 0.408 e. The molecular formula is C46H42N4O6. The number of hydrogen-bond acceptors (Lipinski definition) is 8. The first-order valence-corrected chi connectivity index (χ1v) is 18.5. The summed E-state index contributed by atoms with van der Waals surface area (Å²) in [6, 6.07) is 44.8. The van der Waals surface area contributed by atoms with Crippen molar-refractivity contribution in [3.63, 3.8) is 0 Å². The number of ether oxygens (including phenoxy) is 3. The van der Waals surface area contributed by atoms with E-state index in [-0.39, 0.29) is 31.9 Å². The molecule has 2 heterocycles. The minimum absolute atomic E-state index is 0.0279. The number of pyridine rings is 1. The number of methoxy groups -OCH3 is 1. The fourth-order valence-corrected chi connectivity index (χ4v) is 7.13. The largest absolute Gasteiger partial charge is 0.496 e. The van der Waals surface area contributed by atoms with Crippen LogP contribution < -0.4 is 15.4 Å². The Labute approximate surface area is 325 Å². The summed E-state index contributed by atoms with van der Waals surface area (Å²) in [5.74, 6) is -0.0616. The van der Waals surface area contributed by atoms with Crippen molar-refractivity contribution in [1.82, 2.24) is 15.2 Å². The average Bonchev–Trinajstić information content (AvgIpc) is 3.60. The second-order valence-corrected chi connectivity index (χ2v) is 13.2. The molecule has 1 saturated heterocycles. The van der Waals surface area contributed by atoms with E-state index in [9.17, 15) is 14.4 Å². The predicted octanol–water partition coefficient (Wildman–Crippen LogP) is 8.08. The molecule has 0 spiro atoms. The molecule has 0 aliphatic carbocycles. The Kier molecular flexibility index (Phi) is 11.4. The van der Waals surface area contributed by atoms with Crippen molar-refractivity contribution in [2.75, 3.05) is 25.6 Å². The molecule has 1 atom stereocenters. The number of fused-ring (bicyclic) bond motifs is 1. The van der Waals surface area contributed by atoms with Crippen LogP contribution in [0.5, 0.6) is 5.75 Å². The molecule has 10 heteroatoms. The van der Waals surface area contributed by atoms with Crippen molar-refractivity contribution < 1.29 is 28.6 Å². The van der Waals surface area contributed by atoms with Gasteiger partial charge in [-0.1, -0.05) is 121 Å². The summed E-state index contributed by atoms with van der Waals surface area (Å²) in [6.45, 7) is 2.05. The second-order valence-electron chi connectivity index (χ2n) is 13.2. The molecule has 10 nitrogen and oxygen atoms in total. The summed E-state index contributed by atoms with van der Waals surface area (Å²) in [7, 11) is 1.55. The van der Waals surface area contributed by atoms with E-state index in [4.69, 9.17) is 19.2 Å². The number of benzene rings is 5. The molecule has 2 amide bonds. The molecule has 56 heavy (non-hydrogen) atoms. The van der Waals surface area contributed by atoms with E-state index in [1.165, 1.54) is 4.90 Å². The van der Waals surface area contributed by atoms with Gasteiger partial charge in [0.2, 0.25) is 5.91 Å². The van der Waals surface area contributed by atoms with E-state index in [1.807, 2.05) is 103 Å². The van der Waals surface area contributed by atoms with Crippen molar-refractivity contribution in [3.05, 3.63) is 179 Å². The van der Waals surface area contributed by atoms with Crippen LogP contribution >= 0.6 is 0 Å². The number of carbonyl (C=O) groups excluding carboxylic acids is 3. The third-order valence-electron chi connectivity index (χ3n) is 9.82. The van der Waals surface area contributed by atoms with Gasteiger partial charge in [0.25, 0.3) is 0 Å². The molecule has 0 saturated carbocycles. The number of anilines is 1. The van der Waals surface area contributed by atoms with Gasteiger partial charge in [-0.3, -0.25) is 4.79 Å². The number of carbonyl (C=O) groups is 3. The Morgan fingerprint density at radius 3 is 1.98 bits per heavy atom. The zero-order valence-electron chi connectivity index (χ0n) is 31.2. The zero-order chi connectivity index (χ0) is 38.9. The van der Waals surface area contributed by atoms with Crippen LogP contribution in [0.3, 0.4) is 0 Å². The Bertz CT molecular complexity index is 2240. The van der Waals surface area contributed by atoms with Gasteiger partial charge in [0.1, 0.15) is 35.5 Å². The lowest BCUT2D eigenvalue weighted by Gasteiger charge is -2.37. The lowest BCUT2D eigenvalue weighted by atomic mass is 9.77. The van der Waals surface area contributed by atoms with Crippen molar-refractivity contribution in [2.24, 2.45) is 0 Å². The maximum atomic E-state index is 13.7. The monoisotopic (exact) mass is 746 g/mol. The Balaban J connectivity index is 1.24. The number of rotatable bonds is 13. The molecule has 6 aromatic rings. The highest BCUT2D eigenvalue weighted by Crippen LogP contribution is 2.42. The smallest absolute Gasteiger partial charge is 0.408 e. The molecule has 1 aliphatic heterocycles. The fraction of sp³-hybridized carbons (Fsp3) is 0.174. The van der Waals surface area contributed by atoms with E-state index < -0.39 is 29.6 Å². The summed E-state index contributed by atoms with van der Waals surface area (Å²) < 4.78 is 16.7. The zero-order valence-corrected chi connectivity index (χ0v) is 31.2. The number of nitrogens with one attached hydrogen (secondary N) is 2. The van der Waals surface area contributed by atoms with Crippen LogP contribution in [0.1, 0.15) is 41.2 Å². The number of likely N-dealkylation sites (tertiary alicyclic amines) is 1. The number of amides is 2. The summed E-state index contributed by atoms with van der Waals surface area (Å²) in [5.41, 5.74) is 3.63. The molecule has 282 valence electrons. The van der Waals surface area contributed by atoms with Crippen molar-refractivity contribution in [2.45, 2.75) is 31.5 Å². The predicted molar refractivity (Wildman–Crippen MR) is 216 cm³/mol. The molecule has 2 N–H and O–H groups in total. The van der Waals surface area contributed by atoms with E-state index >= 15 is 0 Å². The molecule has 0 radical (unpaired) electrons. The number of nitrogens with zero attached hydrogens (tertiary/aromatic N) is 2. The van der Waals surface area contributed by atoms with Crippen LogP contribution in [0.4, 0.5) is 10.6 Å². The first-order chi connectivity index (χ1) is 27.4. The highest BCUT2D eigenvalue weighted by molar-refractivity contribution is 6.02. The summed E-state index contributed by atoms with van der Waals surface area (Å²) in [5, 5.41) is 8.12. The quantitative estimate of drug-likeness (QED) is 0.0692. The highest BCUT2D eigenvalue weighted by atomic mass is 16.5. The summed E-state index contributed by atoms with van der Waals surface area (Å²) in [4.78, 5) is 46.1. The fourth-order valence-electron chi connectivity index (χ4n) is 7.13. The highest BCUT2D eigenvalue weighted by Gasteiger charge is 2.39. The molecular weight excluding hydrogens is 705 g/mol. The van der Waals surface area contributed by atoms with Gasteiger partial charge in [-0.15, -0.1) is 0 Å². The third-order valence-corrected chi connectivity index (χ3v) is 9.82. The third kappa shape index (κ3) is 7.81. The van der Waals surface area contributed by atoms with Crippen LogP contribution in [0.2, 0.25) is 0 Å². The van der Waals surface area contributed by atoms with Gasteiger partial charge >= 0.3 is 12.1 Å². The first kappa shape index (κ1) is 37.4. The van der Waals surface area contributed by atoms with Gasteiger partial charge in [-0.05, 0) is 65.3 Å². The standard InChI is InChI=1S/C46H42N4O6/c1-3-55-44(52)40(50-27-25-39(43(50)51)48-45(53)56-31-32-16-8-4-9-17-32)29-34-28-33-24-26-47-42(38(33)30-41(34)54-2)49-46(35-18-10-5-11-19-35,36-20-12-6-13-21-36)37-22-14-7-15-23-37/h4-24,26,28-30,39H,3,25,27,31H2,1-2H3,(H,47,49)(H,48,53)/b40-29+. The topological polar surface area (TPSA) is 119 Å². The van der Waals surface area contributed by atoms with Crippen molar-refractivity contribution in [1.29, 1.82) is 0 Å².